The zero-order chi connectivity index (χ0) is 15.8. The van der Waals surface area contributed by atoms with Gasteiger partial charge in [-0.15, -0.1) is 0 Å². The number of benzene rings is 2. The molecular formula is C17H19Cl2NO2. The Morgan fingerprint density at radius 2 is 1.09 bits per heavy atom. The first-order valence-corrected chi connectivity index (χ1v) is 7.84. The summed E-state index contributed by atoms with van der Waals surface area (Å²) in [7, 11) is 2.04. The molecule has 3 nitrogen and oxygen atoms in total. The number of halogens is 2. The monoisotopic (exact) mass is 339 g/mol. The summed E-state index contributed by atoms with van der Waals surface area (Å²) < 4.78 is 11.3. The lowest BCUT2D eigenvalue weighted by Crippen LogP contribution is -2.28. The van der Waals surface area contributed by atoms with Gasteiger partial charge >= 0.3 is 0 Å². The SMILES string of the molecule is CN(CCOc1ccc(Cl)cc1)CCOc1ccc(Cl)cc1. The van der Waals surface area contributed by atoms with Gasteiger partial charge in [-0.25, -0.2) is 0 Å². The van der Waals surface area contributed by atoms with Crippen molar-refractivity contribution in [3.05, 3.63) is 58.6 Å². The molecule has 2 rings (SSSR count). The average Bonchev–Trinajstić information content (AvgIpc) is 2.51. The summed E-state index contributed by atoms with van der Waals surface area (Å²) >= 11 is 11.7. The number of nitrogens with zero attached hydrogens (tertiary/aromatic N) is 1. The molecule has 0 aromatic heterocycles. The van der Waals surface area contributed by atoms with Crippen LogP contribution in [-0.4, -0.2) is 38.3 Å². The van der Waals surface area contributed by atoms with E-state index in [-0.39, 0.29) is 0 Å². The molecule has 0 amide bonds. The normalized spacial score (nSPS) is 10.7. The van der Waals surface area contributed by atoms with Crippen LogP contribution in [0.15, 0.2) is 48.5 Å². The highest BCUT2D eigenvalue weighted by Crippen LogP contribution is 2.16. The van der Waals surface area contributed by atoms with E-state index in [4.69, 9.17) is 32.7 Å². The topological polar surface area (TPSA) is 21.7 Å². The van der Waals surface area contributed by atoms with E-state index < -0.39 is 0 Å². The molecular weight excluding hydrogens is 321 g/mol. The minimum atomic E-state index is 0.624. The van der Waals surface area contributed by atoms with Crippen LogP contribution in [0, 0.1) is 0 Å². The van der Waals surface area contributed by atoms with E-state index in [2.05, 4.69) is 4.90 Å². The van der Waals surface area contributed by atoms with Gasteiger partial charge in [0.1, 0.15) is 24.7 Å². The molecule has 2 aromatic rings. The van der Waals surface area contributed by atoms with Crippen LogP contribution < -0.4 is 9.47 Å². The standard InChI is InChI=1S/C17H19Cl2NO2/c1-20(10-12-21-16-6-2-14(18)3-7-16)11-13-22-17-8-4-15(19)5-9-17/h2-9H,10-13H2,1H3. The van der Waals surface area contributed by atoms with Gasteiger partial charge in [-0.05, 0) is 55.6 Å². The number of ether oxygens (including phenoxy) is 2. The molecule has 5 heteroatoms. The lowest BCUT2D eigenvalue weighted by molar-refractivity contribution is 0.202. The maximum Gasteiger partial charge on any atom is 0.119 e. The van der Waals surface area contributed by atoms with Crippen LogP contribution in [0.1, 0.15) is 0 Å². The van der Waals surface area contributed by atoms with Crippen molar-refractivity contribution in [2.45, 2.75) is 0 Å². The quantitative estimate of drug-likeness (QED) is 0.712. The van der Waals surface area contributed by atoms with E-state index in [0.717, 1.165) is 24.6 Å². The van der Waals surface area contributed by atoms with Gasteiger partial charge in [0.15, 0.2) is 0 Å². The molecule has 0 heterocycles. The molecule has 0 atom stereocenters. The summed E-state index contributed by atoms with van der Waals surface area (Å²) in [5.74, 6) is 1.66. The van der Waals surface area contributed by atoms with E-state index in [0.29, 0.717) is 23.3 Å². The van der Waals surface area contributed by atoms with E-state index in [1.807, 2.05) is 55.6 Å². The maximum atomic E-state index is 5.83. The first-order valence-electron chi connectivity index (χ1n) is 7.09. The Hall–Kier alpha value is -1.42. The van der Waals surface area contributed by atoms with E-state index >= 15 is 0 Å². The summed E-state index contributed by atoms with van der Waals surface area (Å²) in [6, 6.07) is 14.7. The van der Waals surface area contributed by atoms with Crippen LogP contribution in [0.4, 0.5) is 0 Å². The molecule has 0 unspecified atom stereocenters. The first-order chi connectivity index (χ1) is 10.6. The van der Waals surface area contributed by atoms with Crippen LogP contribution in [0.5, 0.6) is 11.5 Å². The Balaban J connectivity index is 1.60. The third-order valence-corrected chi connectivity index (χ3v) is 3.61. The second kappa shape index (κ2) is 8.89. The Morgan fingerprint density at radius 1 is 0.727 bits per heavy atom. The Bertz CT molecular complexity index is 506. The zero-order valence-corrected chi connectivity index (χ0v) is 14.0. The second-order valence-corrected chi connectivity index (χ2v) is 5.78. The largest absolute Gasteiger partial charge is 0.492 e. The first kappa shape index (κ1) is 16.9. The Morgan fingerprint density at radius 3 is 1.45 bits per heavy atom. The molecule has 0 aliphatic rings. The van der Waals surface area contributed by atoms with Crippen molar-refractivity contribution in [3.8, 4) is 11.5 Å². The van der Waals surface area contributed by atoms with Gasteiger partial charge in [0, 0.05) is 23.1 Å². The molecule has 0 bridgehead atoms. The molecule has 0 fully saturated rings. The number of hydrogen-bond acceptors (Lipinski definition) is 3. The lowest BCUT2D eigenvalue weighted by Gasteiger charge is -2.17. The summed E-state index contributed by atoms with van der Waals surface area (Å²) in [6.07, 6.45) is 0. The number of likely N-dealkylation sites (N-methyl/N-ethyl adjacent to an activating group) is 1. The van der Waals surface area contributed by atoms with Gasteiger partial charge in [0.25, 0.3) is 0 Å². The molecule has 2 aromatic carbocycles. The summed E-state index contributed by atoms with van der Waals surface area (Å²) in [5, 5.41) is 1.42. The molecule has 0 spiro atoms. The fourth-order valence-electron chi connectivity index (χ4n) is 1.81. The minimum Gasteiger partial charge on any atom is -0.492 e. The van der Waals surface area contributed by atoms with Crippen LogP contribution in [0.25, 0.3) is 0 Å². The van der Waals surface area contributed by atoms with Crippen LogP contribution >= 0.6 is 23.2 Å². The number of rotatable bonds is 8. The van der Waals surface area contributed by atoms with Crippen LogP contribution in [0.2, 0.25) is 10.0 Å². The van der Waals surface area contributed by atoms with Gasteiger partial charge in [-0.2, -0.15) is 0 Å². The van der Waals surface area contributed by atoms with Gasteiger partial charge in [0.2, 0.25) is 0 Å². The Labute approximate surface area is 141 Å². The third-order valence-electron chi connectivity index (χ3n) is 3.11. The molecule has 0 N–H and O–H groups in total. The molecule has 0 aliphatic heterocycles. The van der Waals surface area contributed by atoms with Crippen molar-refractivity contribution in [1.29, 1.82) is 0 Å². The van der Waals surface area contributed by atoms with Crippen LogP contribution in [0.3, 0.4) is 0 Å². The second-order valence-electron chi connectivity index (χ2n) is 4.91. The fraction of sp³-hybridized carbons (Fsp3) is 0.294. The van der Waals surface area contributed by atoms with Gasteiger partial charge < -0.3 is 9.47 Å². The van der Waals surface area contributed by atoms with Crippen molar-refractivity contribution < 1.29 is 9.47 Å². The van der Waals surface area contributed by atoms with Crippen molar-refractivity contribution in [1.82, 2.24) is 4.90 Å². The molecule has 0 radical (unpaired) electrons. The highest BCUT2D eigenvalue weighted by molar-refractivity contribution is 6.30. The fourth-order valence-corrected chi connectivity index (χ4v) is 2.06. The van der Waals surface area contributed by atoms with Crippen molar-refractivity contribution in [2.24, 2.45) is 0 Å². The highest BCUT2D eigenvalue weighted by atomic mass is 35.5. The number of hydrogen-bond donors (Lipinski definition) is 0. The molecule has 0 aliphatic carbocycles. The van der Waals surface area contributed by atoms with E-state index in [9.17, 15) is 0 Å². The van der Waals surface area contributed by atoms with Gasteiger partial charge in [-0.3, -0.25) is 4.90 Å². The van der Waals surface area contributed by atoms with E-state index in [1.54, 1.807) is 0 Å². The van der Waals surface area contributed by atoms with Crippen molar-refractivity contribution >= 4 is 23.2 Å². The molecule has 0 saturated carbocycles. The predicted octanol–water partition coefficient (Wildman–Crippen LogP) is 4.38. The van der Waals surface area contributed by atoms with Crippen molar-refractivity contribution in [3.63, 3.8) is 0 Å². The van der Waals surface area contributed by atoms with Crippen LogP contribution in [-0.2, 0) is 0 Å². The Kier molecular flexibility index (Phi) is 6.84. The maximum absolute atomic E-state index is 5.83. The summed E-state index contributed by atoms with van der Waals surface area (Å²) in [4.78, 5) is 2.16. The van der Waals surface area contributed by atoms with E-state index in [1.165, 1.54) is 0 Å². The van der Waals surface area contributed by atoms with Crippen molar-refractivity contribution in [2.75, 3.05) is 33.4 Å². The smallest absolute Gasteiger partial charge is 0.119 e. The van der Waals surface area contributed by atoms with Gasteiger partial charge in [0.05, 0.1) is 0 Å². The predicted molar refractivity (Wildman–Crippen MR) is 91.4 cm³/mol. The highest BCUT2D eigenvalue weighted by Gasteiger charge is 2.01. The van der Waals surface area contributed by atoms with Gasteiger partial charge in [-0.1, -0.05) is 23.2 Å². The third kappa shape index (κ3) is 6.14. The molecule has 22 heavy (non-hydrogen) atoms. The molecule has 0 saturated heterocycles. The summed E-state index contributed by atoms with van der Waals surface area (Å²) in [6.45, 7) is 2.90. The average molecular weight is 340 g/mol. The minimum absolute atomic E-state index is 0.624. The zero-order valence-electron chi connectivity index (χ0n) is 12.5. The lowest BCUT2D eigenvalue weighted by atomic mass is 10.3. The molecule has 118 valence electrons. The summed E-state index contributed by atoms with van der Waals surface area (Å²) in [5.41, 5.74) is 0.